The Morgan fingerprint density at radius 2 is 1.60 bits per heavy atom. The molecular weight excluding hydrogens is 628 g/mol. The lowest BCUT2D eigenvalue weighted by Gasteiger charge is -2.28. The van der Waals surface area contributed by atoms with Gasteiger partial charge in [0.2, 0.25) is 5.91 Å². The zero-order valence-electron chi connectivity index (χ0n) is 41.1. The molecule has 0 spiro atoms. The number of rotatable bonds is 13. The number of nitrogens with zero attached hydrogens (tertiary/aromatic N) is 4. The van der Waals surface area contributed by atoms with Crippen LogP contribution < -0.4 is 5.56 Å². The normalized spacial score (nSPS) is 19.0. The van der Waals surface area contributed by atoms with E-state index in [-0.39, 0.29) is 39.1 Å². The number of halogens is 4. The second-order valence-corrected chi connectivity index (χ2v) is 11.0. The summed E-state index contributed by atoms with van der Waals surface area (Å²) in [6, 6.07) is -5.22. The zero-order chi connectivity index (χ0) is 47.7. The molecule has 0 unspecified atom stereocenters. The molecule has 4 aromatic rings. The molecule has 1 heterocycles. The van der Waals surface area contributed by atoms with Crippen LogP contribution in [-0.2, 0) is 42.7 Å². The molecule has 0 N–H and O–H groups in total. The van der Waals surface area contributed by atoms with Gasteiger partial charge in [0.1, 0.15) is 12.4 Å². The number of hydrogen-bond acceptors (Lipinski definition) is 5. The van der Waals surface area contributed by atoms with E-state index in [0.29, 0.717) is 17.7 Å². The van der Waals surface area contributed by atoms with E-state index < -0.39 is 133 Å². The molecule has 5 rings (SSSR count). The Bertz CT molecular complexity index is 2460. The number of fused-ring (bicyclic) bond motifs is 1. The van der Waals surface area contributed by atoms with E-state index in [1.54, 1.807) is 0 Å². The van der Waals surface area contributed by atoms with Gasteiger partial charge in [0.15, 0.2) is 5.16 Å². The second-order valence-electron chi connectivity index (χ2n) is 10.1. The zero-order valence-corrected chi connectivity index (χ0v) is 25.9. The Kier molecular flexibility index (Phi) is 6.23. The van der Waals surface area contributed by atoms with Crippen LogP contribution in [0.3, 0.4) is 0 Å². The van der Waals surface area contributed by atoms with Gasteiger partial charge in [0, 0.05) is 44.8 Å². The van der Waals surface area contributed by atoms with Crippen molar-refractivity contribution in [2.45, 2.75) is 63.3 Å². The molecule has 1 amide bonds. The van der Waals surface area contributed by atoms with Gasteiger partial charge in [-0.2, -0.15) is 18.2 Å². The monoisotopic (exact) mass is 682 g/mol. The standard InChI is InChI=1S/C36H38F4N4O2S/c1-3-42(4-2)20-21-43(22-25-8-12-27(13-9-25)28-14-16-29(17-15-28)36(38,39)40)33(45)23-44-32-7-5-6-31(32)34(46)41-35(44)47-24-26-10-18-30(37)19-11-26/h8-19H,3-7,20-24H2,1-2H3/i3D2,4D2,8D,9D,12D,13D,14D,15D,16D,17D,20D2,21D2. The van der Waals surface area contributed by atoms with Crippen LogP contribution in [-0.4, -0.2) is 51.2 Å². The number of carbonyl (C=O) groups is 1. The van der Waals surface area contributed by atoms with Crippen molar-refractivity contribution in [3.8, 4) is 11.1 Å². The van der Waals surface area contributed by atoms with Gasteiger partial charge >= 0.3 is 6.18 Å². The largest absolute Gasteiger partial charge is 0.416 e. The van der Waals surface area contributed by atoms with E-state index in [2.05, 4.69) is 4.98 Å². The fourth-order valence-corrected chi connectivity index (χ4v) is 5.58. The van der Waals surface area contributed by atoms with E-state index in [1.165, 1.54) is 28.8 Å². The Morgan fingerprint density at radius 3 is 2.21 bits per heavy atom. The Morgan fingerprint density at radius 1 is 0.957 bits per heavy atom. The maximum absolute atomic E-state index is 14.8. The summed E-state index contributed by atoms with van der Waals surface area (Å²) >= 11 is 0.937. The number of benzene rings is 3. The fraction of sp³-hybridized carbons (Fsp3) is 0.361. The molecule has 0 radical (unpaired) electrons. The van der Waals surface area contributed by atoms with Crippen LogP contribution in [0.1, 0.15) is 70.1 Å². The molecule has 1 aliphatic rings. The molecule has 0 fully saturated rings. The first-order chi connectivity index (χ1) is 28.8. The minimum atomic E-state index is -5.37. The lowest BCUT2D eigenvalue weighted by Crippen LogP contribution is -2.40. The van der Waals surface area contributed by atoms with Crippen molar-refractivity contribution in [3.63, 3.8) is 0 Å². The van der Waals surface area contributed by atoms with E-state index in [0.717, 1.165) is 25.6 Å². The van der Waals surface area contributed by atoms with Gasteiger partial charge in [-0.15, -0.1) is 0 Å². The van der Waals surface area contributed by atoms with Crippen LogP contribution in [0.25, 0.3) is 11.1 Å². The molecular formula is C36H38F4N4O2S. The van der Waals surface area contributed by atoms with Crippen molar-refractivity contribution < 1.29 is 44.3 Å². The van der Waals surface area contributed by atoms with Gasteiger partial charge in [-0.3, -0.25) is 9.59 Å². The molecule has 0 atom stereocenters. The summed E-state index contributed by atoms with van der Waals surface area (Å²) in [5, 5.41) is -0.0803. The minimum Gasteiger partial charge on any atom is -0.336 e. The molecule has 0 bridgehead atoms. The first kappa shape index (κ1) is 19.1. The predicted octanol–water partition coefficient (Wildman–Crippen LogP) is 7.22. The molecule has 248 valence electrons. The SMILES string of the molecule is [2H]c1c([2H])c(-c2c([2H])c([2H])c(C(F)(F)F)c([2H])c2[2H])c([2H])c([2H])c1CN(C(=O)Cn1c(SCc2ccc(F)cc2)nc(=O)c2c1CCC2)C([2H])([2H])C([2H])([2H])N(C([2H])([2H])C)C([2H])([2H])C. The van der Waals surface area contributed by atoms with Gasteiger partial charge in [-0.25, -0.2) is 4.39 Å². The molecule has 0 aliphatic heterocycles. The van der Waals surface area contributed by atoms with Crippen molar-refractivity contribution in [1.82, 2.24) is 19.4 Å². The number of amides is 1. The topological polar surface area (TPSA) is 58.4 Å². The number of thioether (sulfide) groups is 1. The first-order valence-corrected chi connectivity index (χ1v) is 15.1. The summed E-state index contributed by atoms with van der Waals surface area (Å²) in [4.78, 5) is 32.0. The molecule has 6 nitrogen and oxygen atoms in total. The summed E-state index contributed by atoms with van der Waals surface area (Å²) in [5.41, 5.74) is -4.38. The van der Waals surface area contributed by atoms with Gasteiger partial charge in [0.25, 0.3) is 5.56 Å². The summed E-state index contributed by atoms with van der Waals surface area (Å²) in [7, 11) is 0. The van der Waals surface area contributed by atoms with E-state index in [4.69, 9.17) is 19.2 Å². The molecule has 3 aromatic carbocycles. The third kappa shape index (κ3) is 8.70. The number of aromatic nitrogens is 2. The van der Waals surface area contributed by atoms with Crippen molar-refractivity contribution >= 4 is 17.7 Å². The lowest BCUT2D eigenvalue weighted by molar-refractivity contribution is -0.137. The van der Waals surface area contributed by atoms with E-state index in [1.807, 2.05) is 0 Å². The maximum atomic E-state index is 14.8. The molecule has 1 aliphatic carbocycles. The van der Waals surface area contributed by atoms with Crippen LogP contribution in [0.15, 0.2) is 82.6 Å². The molecule has 47 heavy (non-hydrogen) atoms. The fourth-order valence-electron chi connectivity index (χ4n) is 4.61. The number of hydrogen-bond donors (Lipinski definition) is 0. The summed E-state index contributed by atoms with van der Waals surface area (Å²) in [5.74, 6) is -1.83. The number of carbonyl (C=O) groups excluding carboxylic acids is 1. The van der Waals surface area contributed by atoms with Gasteiger partial charge < -0.3 is 14.4 Å². The van der Waals surface area contributed by atoms with E-state index in [9.17, 15) is 29.9 Å². The average molecular weight is 683 g/mol. The molecule has 11 heteroatoms. The molecule has 1 aromatic heterocycles. The first-order valence-electron chi connectivity index (χ1n) is 22.1. The van der Waals surface area contributed by atoms with Crippen LogP contribution in [0.5, 0.6) is 0 Å². The molecule has 0 saturated carbocycles. The van der Waals surface area contributed by atoms with Crippen LogP contribution in [0.2, 0.25) is 0 Å². The highest BCUT2D eigenvalue weighted by atomic mass is 32.2. The van der Waals surface area contributed by atoms with Crippen molar-refractivity contribution in [2.75, 3.05) is 26.0 Å². The third-order valence-electron chi connectivity index (χ3n) is 6.97. The van der Waals surface area contributed by atoms with Crippen LogP contribution in [0.4, 0.5) is 17.6 Å². The highest BCUT2D eigenvalue weighted by Crippen LogP contribution is 2.31. The predicted molar refractivity (Wildman–Crippen MR) is 177 cm³/mol. The Hall–Kier alpha value is -3.96. The van der Waals surface area contributed by atoms with Gasteiger partial charge in [-0.05, 0) is 78.7 Å². The highest BCUT2D eigenvalue weighted by molar-refractivity contribution is 7.98. The average Bonchev–Trinajstić information content (AvgIpc) is 3.65. The van der Waals surface area contributed by atoms with E-state index >= 15 is 0 Å². The number of alkyl halides is 3. The smallest absolute Gasteiger partial charge is 0.336 e. The second kappa shape index (κ2) is 15.3. The van der Waals surface area contributed by atoms with Crippen molar-refractivity contribution in [1.29, 1.82) is 0 Å². The van der Waals surface area contributed by atoms with Crippen LogP contribution in [0, 0.1) is 5.82 Å². The van der Waals surface area contributed by atoms with Crippen molar-refractivity contribution in [2.24, 2.45) is 0 Å². The van der Waals surface area contributed by atoms with Crippen LogP contribution >= 0.6 is 11.8 Å². The quantitative estimate of drug-likeness (QED) is 0.0847. The van der Waals surface area contributed by atoms with Crippen molar-refractivity contribution in [3.05, 3.63) is 117 Å². The Labute approximate surface area is 298 Å². The summed E-state index contributed by atoms with van der Waals surface area (Å²) < 4.78 is 193. The lowest BCUT2D eigenvalue weighted by atomic mass is 10.0. The maximum Gasteiger partial charge on any atom is 0.416 e. The molecule has 0 saturated heterocycles. The summed E-state index contributed by atoms with van der Waals surface area (Å²) in [6.45, 7) is -14.5. The summed E-state index contributed by atoms with van der Waals surface area (Å²) in [6.07, 6.45) is -4.47. The highest BCUT2D eigenvalue weighted by Gasteiger charge is 2.30. The van der Waals surface area contributed by atoms with Gasteiger partial charge in [-0.1, -0.05) is 74.0 Å². The number of likely N-dealkylation sites (N-methyl/N-ethyl adjacent to an activating group) is 1. The minimum absolute atomic E-state index is 0.0800. The van der Waals surface area contributed by atoms with Gasteiger partial charge in [0.05, 0.1) is 19.3 Å². The Balaban J connectivity index is 1.73. The third-order valence-corrected chi connectivity index (χ3v) is 8.02.